The topological polar surface area (TPSA) is 36.5 Å². The number of rotatable bonds is 7. The van der Waals surface area contributed by atoms with Gasteiger partial charge in [0.05, 0.1) is 7.11 Å². The van der Waals surface area contributed by atoms with Gasteiger partial charge in [-0.15, -0.1) is 0 Å². The molecule has 0 heterocycles. The predicted octanol–water partition coefficient (Wildman–Crippen LogP) is 4.02. The Kier molecular flexibility index (Phi) is 7.22. The Balaban J connectivity index is 1.95. The van der Waals surface area contributed by atoms with Gasteiger partial charge in [0.1, 0.15) is 5.75 Å². The number of benzene rings is 2. The molecule has 0 bridgehead atoms. The first-order valence-corrected chi connectivity index (χ1v) is 8.86. The van der Waals surface area contributed by atoms with E-state index in [1.54, 1.807) is 7.11 Å². The molecule has 2 rings (SSSR count). The zero-order valence-electron chi connectivity index (χ0n) is 15.4. The highest BCUT2D eigenvalue weighted by Crippen LogP contribution is 2.17. The summed E-state index contributed by atoms with van der Waals surface area (Å²) in [4.78, 5) is 2.33. The van der Waals surface area contributed by atoms with Crippen molar-refractivity contribution in [1.82, 2.24) is 10.2 Å². The van der Waals surface area contributed by atoms with E-state index in [-0.39, 0.29) is 0 Å². The molecule has 0 aliphatic heterocycles. The number of thiocarbonyl (C=S) groups is 1. The van der Waals surface area contributed by atoms with Gasteiger partial charge < -0.3 is 15.4 Å². The van der Waals surface area contributed by atoms with Gasteiger partial charge in [-0.3, -0.25) is 4.90 Å². The number of ether oxygens (including phenoxy) is 1. The average Bonchev–Trinajstić information content (AvgIpc) is 2.61. The molecular formula is C20H27N3OS. The minimum atomic E-state index is 0.511. The summed E-state index contributed by atoms with van der Waals surface area (Å²) in [5.41, 5.74) is 3.48. The van der Waals surface area contributed by atoms with Gasteiger partial charge in [0.2, 0.25) is 0 Å². The van der Waals surface area contributed by atoms with Crippen LogP contribution in [-0.4, -0.2) is 30.2 Å². The van der Waals surface area contributed by atoms with Crippen LogP contribution in [0.2, 0.25) is 0 Å². The highest BCUT2D eigenvalue weighted by Gasteiger charge is 2.08. The molecular weight excluding hydrogens is 330 g/mol. The number of methoxy groups -OCH3 is 1. The Morgan fingerprint density at radius 2 is 1.84 bits per heavy atom. The van der Waals surface area contributed by atoms with Crippen molar-refractivity contribution in [2.24, 2.45) is 0 Å². The molecule has 2 aromatic rings. The van der Waals surface area contributed by atoms with Crippen molar-refractivity contribution >= 4 is 23.0 Å². The molecule has 0 unspecified atom stereocenters. The summed E-state index contributed by atoms with van der Waals surface area (Å²) in [5, 5.41) is 7.08. The Bertz CT molecular complexity index is 703. The number of hydrogen-bond acceptors (Lipinski definition) is 3. The molecule has 0 aliphatic carbocycles. The van der Waals surface area contributed by atoms with Crippen LogP contribution < -0.4 is 15.4 Å². The third-order valence-corrected chi connectivity index (χ3v) is 4.43. The van der Waals surface area contributed by atoms with Gasteiger partial charge in [0, 0.05) is 30.9 Å². The van der Waals surface area contributed by atoms with E-state index >= 15 is 0 Å². The molecule has 4 nitrogen and oxygen atoms in total. The van der Waals surface area contributed by atoms with Crippen molar-refractivity contribution < 1.29 is 4.74 Å². The molecule has 0 aliphatic rings. The lowest BCUT2D eigenvalue weighted by atomic mass is 10.1. The van der Waals surface area contributed by atoms with Gasteiger partial charge in [-0.25, -0.2) is 0 Å². The molecule has 0 amide bonds. The third kappa shape index (κ3) is 6.03. The summed E-state index contributed by atoms with van der Waals surface area (Å²) in [6, 6.07) is 16.7. The summed E-state index contributed by atoms with van der Waals surface area (Å²) >= 11 is 5.41. The summed E-state index contributed by atoms with van der Waals surface area (Å²) in [6.45, 7) is 6.02. The summed E-state index contributed by atoms with van der Waals surface area (Å²) in [7, 11) is 3.80. The molecule has 2 N–H and O–H groups in total. The second kappa shape index (κ2) is 9.39. The maximum Gasteiger partial charge on any atom is 0.171 e. The SMILES string of the molecule is COc1cccc(NC(=S)NCc2ccccc2CN(C)C(C)C)c1. The van der Waals surface area contributed by atoms with E-state index in [0.717, 1.165) is 18.0 Å². The predicted molar refractivity (Wildman–Crippen MR) is 109 cm³/mol. The minimum absolute atomic E-state index is 0.511. The lowest BCUT2D eigenvalue weighted by Gasteiger charge is -2.23. The van der Waals surface area contributed by atoms with Crippen LogP contribution in [0, 0.1) is 0 Å². The van der Waals surface area contributed by atoms with Crippen LogP contribution in [0.4, 0.5) is 5.69 Å². The van der Waals surface area contributed by atoms with Crippen molar-refractivity contribution in [1.29, 1.82) is 0 Å². The average molecular weight is 358 g/mol. The second-order valence-corrected chi connectivity index (χ2v) is 6.73. The summed E-state index contributed by atoms with van der Waals surface area (Å²) < 4.78 is 5.23. The molecule has 0 saturated heterocycles. The molecule has 134 valence electrons. The van der Waals surface area contributed by atoms with Crippen molar-refractivity contribution in [3.05, 3.63) is 59.7 Å². The van der Waals surface area contributed by atoms with E-state index in [4.69, 9.17) is 17.0 Å². The number of nitrogens with zero attached hydrogens (tertiary/aromatic N) is 1. The van der Waals surface area contributed by atoms with Crippen LogP contribution >= 0.6 is 12.2 Å². The van der Waals surface area contributed by atoms with Crippen LogP contribution in [-0.2, 0) is 13.1 Å². The first kappa shape index (κ1) is 19.2. The fraction of sp³-hybridized carbons (Fsp3) is 0.350. The van der Waals surface area contributed by atoms with E-state index in [9.17, 15) is 0 Å². The van der Waals surface area contributed by atoms with Gasteiger partial charge in [0.25, 0.3) is 0 Å². The number of nitrogens with one attached hydrogen (secondary N) is 2. The van der Waals surface area contributed by atoms with E-state index in [0.29, 0.717) is 17.7 Å². The molecule has 0 spiro atoms. The monoisotopic (exact) mass is 357 g/mol. The Labute approximate surface area is 156 Å². The molecule has 25 heavy (non-hydrogen) atoms. The highest BCUT2D eigenvalue weighted by atomic mass is 32.1. The fourth-order valence-electron chi connectivity index (χ4n) is 2.39. The van der Waals surface area contributed by atoms with Crippen molar-refractivity contribution in [2.75, 3.05) is 19.5 Å². The van der Waals surface area contributed by atoms with Crippen LogP contribution in [0.5, 0.6) is 5.75 Å². The van der Waals surface area contributed by atoms with Crippen molar-refractivity contribution in [2.45, 2.75) is 33.0 Å². The zero-order valence-corrected chi connectivity index (χ0v) is 16.2. The van der Waals surface area contributed by atoms with Gasteiger partial charge in [-0.05, 0) is 56.4 Å². The standard InChI is InChI=1S/C20H27N3OS/c1-15(2)23(3)14-17-9-6-5-8-16(17)13-21-20(25)22-18-10-7-11-19(12-18)24-4/h5-12,15H,13-14H2,1-4H3,(H2,21,22,25). The second-order valence-electron chi connectivity index (χ2n) is 6.32. The molecule has 5 heteroatoms. The normalized spacial score (nSPS) is 10.8. The lowest BCUT2D eigenvalue weighted by molar-refractivity contribution is 0.265. The molecule has 0 aromatic heterocycles. The quantitative estimate of drug-likeness (QED) is 0.732. The molecule has 0 radical (unpaired) electrons. The van der Waals surface area contributed by atoms with Gasteiger partial charge in [-0.2, -0.15) is 0 Å². The Hall–Kier alpha value is -2.11. The summed E-state index contributed by atoms with van der Waals surface area (Å²) in [6.07, 6.45) is 0. The number of hydrogen-bond donors (Lipinski definition) is 2. The van der Waals surface area contributed by atoms with Crippen LogP contribution in [0.25, 0.3) is 0 Å². The van der Waals surface area contributed by atoms with Crippen LogP contribution in [0.15, 0.2) is 48.5 Å². The summed E-state index contributed by atoms with van der Waals surface area (Å²) in [5.74, 6) is 0.801. The smallest absolute Gasteiger partial charge is 0.171 e. The maximum atomic E-state index is 5.41. The van der Waals surface area contributed by atoms with Crippen molar-refractivity contribution in [3.8, 4) is 5.75 Å². The van der Waals surface area contributed by atoms with Crippen LogP contribution in [0.3, 0.4) is 0 Å². The van der Waals surface area contributed by atoms with E-state index in [2.05, 4.69) is 60.7 Å². The minimum Gasteiger partial charge on any atom is -0.497 e. The van der Waals surface area contributed by atoms with Gasteiger partial charge in [0.15, 0.2) is 5.11 Å². The first-order chi connectivity index (χ1) is 12.0. The lowest BCUT2D eigenvalue weighted by Crippen LogP contribution is -2.29. The van der Waals surface area contributed by atoms with Gasteiger partial charge in [-0.1, -0.05) is 30.3 Å². The molecule has 0 saturated carbocycles. The zero-order chi connectivity index (χ0) is 18.2. The van der Waals surface area contributed by atoms with Crippen molar-refractivity contribution in [3.63, 3.8) is 0 Å². The Morgan fingerprint density at radius 1 is 1.12 bits per heavy atom. The van der Waals surface area contributed by atoms with Crippen LogP contribution in [0.1, 0.15) is 25.0 Å². The third-order valence-electron chi connectivity index (χ3n) is 4.19. The highest BCUT2D eigenvalue weighted by molar-refractivity contribution is 7.80. The molecule has 2 aromatic carbocycles. The van der Waals surface area contributed by atoms with E-state index in [1.807, 2.05) is 24.3 Å². The molecule has 0 fully saturated rings. The first-order valence-electron chi connectivity index (χ1n) is 8.45. The largest absolute Gasteiger partial charge is 0.497 e. The molecule has 0 atom stereocenters. The fourth-order valence-corrected chi connectivity index (χ4v) is 2.58. The Morgan fingerprint density at radius 3 is 2.52 bits per heavy atom. The van der Waals surface area contributed by atoms with E-state index in [1.165, 1.54) is 11.1 Å². The number of anilines is 1. The van der Waals surface area contributed by atoms with E-state index < -0.39 is 0 Å². The maximum absolute atomic E-state index is 5.41. The van der Waals surface area contributed by atoms with Gasteiger partial charge >= 0.3 is 0 Å².